The van der Waals surface area contributed by atoms with Crippen LogP contribution in [0, 0.1) is 0 Å². The molecule has 1 N–H and O–H groups in total. The molecule has 5 heteroatoms. The van der Waals surface area contributed by atoms with Crippen LogP contribution in [0.1, 0.15) is 32.6 Å². The number of carbonyl (C=O) groups is 1. The largest absolute Gasteiger partial charge is 0.467 e. The molecule has 0 spiro atoms. The number of nitrogens with zero attached hydrogens (tertiary/aromatic N) is 1. The van der Waals surface area contributed by atoms with Crippen molar-refractivity contribution in [3.05, 3.63) is 24.2 Å². The number of furan rings is 1. The summed E-state index contributed by atoms with van der Waals surface area (Å²) < 4.78 is 10.8. The number of hydrogen-bond donors (Lipinski definition) is 1. The Morgan fingerprint density at radius 1 is 1.56 bits per heavy atom. The molecule has 1 aromatic rings. The predicted molar refractivity (Wildman–Crippen MR) is 67.3 cm³/mol. The highest BCUT2D eigenvalue weighted by Gasteiger charge is 2.32. The zero-order chi connectivity index (χ0) is 13.2. The normalized spacial score (nSPS) is 20.8. The predicted octanol–water partition coefficient (Wildman–Crippen LogP) is 2.16. The van der Waals surface area contributed by atoms with Crippen molar-refractivity contribution < 1.29 is 13.9 Å². The molecule has 1 saturated heterocycles. The van der Waals surface area contributed by atoms with E-state index < -0.39 is 5.60 Å². The molecule has 1 aliphatic rings. The van der Waals surface area contributed by atoms with Gasteiger partial charge in [-0.1, -0.05) is 0 Å². The smallest absolute Gasteiger partial charge is 0.411 e. The van der Waals surface area contributed by atoms with E-state index in [0.29, 0.717) is 13.1 Å². The first kappa shape index (κ1) is 13.0. The molecule has 100 valence electrons. The molecule has 0 aromatic carbocycles. The van der Waals surface area contributed by atoms with E-state index in [1.165, 1.54) is 0 Å². The van der Waals surface area contributed by atoms with E-state index in [1.54, 1.807) is 11.2 Å². The van der Waals surface area contributed by atoms with Crippen LogP contribution in [0.15, 0.2) is 22.8 Å². The monoisotopic (exact) mass is 252 g/mol. The van der Waals surface area contributed by atoms with Crippen LogP contribution in [0.25, 0.3) is 0 Å². The third-order valence-corrected chi connectivity index (χ3v) is 2.74. The first-order valence-electron chi connectivity index (χ1n) is 6.21. The first-order valence-corrected chi connectivity index (χ1v) is 6.21. The van der Waals surface area contributed by atoms with E-state index in [0.717, 1.165) is 12.3 Å². The highest BCUT2D eigenvalue weighted by molar-refractivity contribution is 5.69. The maximum Gasteiger partial charge on any atom is 0.411 e. The van der Waals surface area contributed by atoms with Gasteiger partial charge in [0.05, 0.1) is 6.26 Å². The summed E-state index contributed by atoms with van der Waals surface area (Å²) in [6.45, 7) is 7.70. The Morgan fingerprint density at radius 3 is 2.94 bits per heavy atom. The Balaban J connectivity index is 2.11. The summed E-state index contributed by atoms with van der Waals surface area (Å²) in [6, 6.07) is 3.62. The second kappa shape index (κ2) is 5.02. The minimum absolute atomic E-state index is 0.0939. The summed E-state index contributed by atoms with van der Waals surface area (Å²) in [5, 5.41) is 3.26. The minimum Gasteiger partial charge on any atom is -0.467 e. The third-order valence-electron chi connectivity index (χ3n) is 2.74. The average Bonchev–Trinajstić information content (AvgIpc) is 2.80. The lowest BCUT2D eigenvalue weighted by Crippen LogP contribution is -2.50. The second-order valence-corrected chi connectivity index (χ2v) is 5.41. The van der Waals surface area contributed by atoms with Crippen molar-refractivity contribution in [3.8, 4) is 0 Å². The van der Waals surface area contributed by atoms with E-state index in [4.69, 9.17) is 9.15 Å². The molecule has 18 heavy (non-hydrogen) atoms. The maximum atomic E-state index is 12.2. The molecule has 2 rings (SSSR count). The van der Waals surface area contributed by atoms with Gasteiger partial charge < -0.3 is 14.5 Å². The first-order chi connectivity index (χ1) is 8.47. The fourth-order valence-corrected chi connectivity index (χ4v) is 1.98. The van der Waals surface area contributed by atoms with E-state index in [9.17, 15) is 4.79 Å². The highest BCUT2D eigenvalue weighted by Crippen LogP contribution is 2.24. The molecular formula is C13H20N2O3. The molecule has 0 saturated carbocycles. The number of nitrogens with one attached hydrogen (secondary N) is 1. The molecule has 1 aliphatic heterocycles. The third kappa shape index (κ3) is 3.04. The van der Waals surface area contributed by atoms with Crippen molar-refractivity contribution in [1.82, 2.24) is 10.2 Å². The molecule has 5 nitrogen and oxygen atoms in total. The molecule has 0 aliphatic carbocycles. The van der Waals surface area contributed by atoms with Crippen molar-refractivity contribution in [1.29, 1.82) is 0 Å². The van der Waals surface area contributed by atoms with Crippen LogP contribution in [0.4, 0.5) is 4.79 Å². The summed E-state index contributed by atoms with van der Waals surface area (Å²) in [5.41, 5.74) is -0.477. The standard InChI is InChI=1S/C13H20N2O3/c1-13(2,3)18-12(16)15-7-6-14-9-10(15)11-5-4-8-17-11/h4-5,8,10,14H,6-7,9H2,1-3H3. The number of ether oxygens (including phenoxy) is 1. The van der Waals surface area contributed by atoms with Crippen LogP contribution < -0.4 is 5.32 Å². The van der Waals surface area contributed by atoms with Gasteiger partial charge in [-0.15, -0.1) is 0 Å². The summed E-state index contributed by atoms with van der Waals surface area (Å²) in [6.07, 6.45) is 1.34. The van der Waals surface area contributed by atoms with E-state index >= 15 is 0 Å². The quantitative estimate of drug-likeness (QED) is 0.832. The molecule has 1 aromatic heterocycles. The van der Waals surface area contributed by atoms with Crippen LogP contribution >= 0.6 is 0 Å². The average molecular weight is 252 g/mol. The number of rotatable bonds is 1. The summed E-state index contributed by atoms with van der Waals surface area (Å²) >= 11 is 0. The SMILES string of the molecule is CC(C)(C)OC(=O)N1CCNCC1c1ccco1. The van der Waals surface area contributed by atoms with Gasteiger partial charge in [0.2, 0.25) is 0 Å². The van der Waals surface area contributed by atoms with E-state index in [2.05, 4.69) is 5.32 Å². The number of carbonyl (C=O) groups excluding carboxylic acids is 1. The lowest BCUT2D eigenvalue weighted by Gasteiger charge is -2.36. The summed E-state index contributed by atoms with van der Waals surface area (Å²) in [7, 11) is 0. The molecule has 0 radical (unpaired) electrons. The summed E-state index contributed by atoms with van der Waals surface area (Å²) in [5.74, 6) is 0.785. The Bertz CT molecular complexity index is 395. The van der Waals surface area contributed by atoms with Crippen molar-refractivity contribution in [2.75, 3.05) is 19.6 Å². The fraction of sp³-hybridized carbons (Fsp3) is 0.615. The van der Waals surface area contributed by atoms with Crippen LogP contribution in [-0.4, -0.2) is 36.2 Å². The van der Waals surface area contributed by atoms with Gasteiger partial charge in [0.25, 0.3) is 0 Å². The van der Waals surface area contributed by atoms with Gasteiger partial charge in [-0.3, -0.25) is 4.90 Å². The number of piperazine rings is 1. The highest BCUT2D eigenvalue weighted by atomic mass is 16.6. The number of amides is 1. The van der Waals surface area contributed by atoms with E-state index in [-0.39, 0.29) is 12.1 Å². The van der Waals surface area contributed by atoms with Crippen LogP contribution in [0.2, 0.25) is 0 Å². The topological polar surface area (TPSA) is 54.7 Å². The minimum atomic E-state index is -0.477. The lowest BCUT2D eigenvalue weighted by molar-refractivity contribution is 0.00932. The molecule has 1 fully saturated rings. The van der Waals surface area contributed by atoms with Gasteiger partial charge in [-0.2, -0.15) is 0 Å². The maximum absolute atomic E-state index is 12.2. The van der Waals surface area contributed by atoms with Crippen LogP contribution in [0.3, 0.4) is 0 Å². The molecule has 2 heterocycles. The Morgan fingerprint density at radius 2 is 2.33 bits per heavy atom. The van der Waals surface area contributed by atoms with E-state index in [1.807, 2.05) is 32.9 Å². The summed E-state index contributed by atoms with van der Waals surface area (Å²) in [4.78, 5) is 13.9. The van der Waals surface area contributed by atoms with Crippen LogP contribution in [-0.2, 0) is 4.74 Å². The molecule has 0 bridgehead atoms. The van der Waals surface area contributed by atoms with Crippen molar-refractivity contribution in [2.45, 2.75) is 32.4 Å². The number of hydrogen-bond acceptors (Lipinski definition) is 4. The van der Waals surface area contributed by atoms with Gasteiger partial charge in [-0.05, 0) is 32.9 Å². The molecule has 1 unspecified atom stereocenters. The van der Waals surface area contributed by atoms with Crippen molar-refractivity contribution >= 4 is 6.09 Å². The van der Waals surface area contributed by atoms with Gasteiger partial charge in [0.1, 0.15) is 17.4 Å². The Hall–Kier alpha value is -1.49. The second-order valence-electron chi connectivity index (χ2n) is 5.41. The lowest BCUT2D eigenvalue weighted by atomic mass is 10.1. The van der Waals surface area contributed by atoms with Gasteiger partial charge >= 0.3 is 6.09 Å². The molecular weight excluding hydrogens is 232 g/mol. The van der Waals surface area contributed by atoms with Gasteiger partial charge in [0, 0.05) is 19.6 Å². The zero-order valence-corrected chi connectivity index (χ0v) is 11.1. The van der Waals surface area contributed by atoms with Crippen molar-refractivity contribution in [3.63, 3.8) is 0 Å². The van der Waals surface area contributed by atoms with Gasteiger partial charge in [0.15, 0.2) is 0 Å². The van der Waals surface area contributed by atoms with Gasteiger partial charge in [-0.25, -0.2) is 4.79 Å². The Kier molecular flexibility index (Phi) is 3.61. The Labute approximate surface area is 107 Å². The van der Waals surface area contributed by atoms with Crippen molar-refractivity contribution in [2.24, 2.45) is 0 Å². The van der Waals surface area contributed by atoms with Crippen LogP contribution in [0.5, 0.6) is 0 Å². The zero-order valence-electron chi connectivity index (χ0n) is 11.1. The fourth-order valence-electron chi connectivity index (χ4n) is 1.98. The molecule has 1 atom stereocenters. The molecule has 1 amide bonds.